The van der Waals surface area contributed by atoms with Crippen molar-refractivity contribution in [2.24, 2.45) is 0 Å². The van der Waals surface area contributed by atoms with Crippen LogP contribution in [0.4, 0.5) is 0 Å². The smallest absolute Gasteiger partial charge is 0.255 e. The normalized spacial score (nSPS) is 15.7. The fourth-order valence-electron chi connectivity index (χ4n) is 3.91. The first-order chi connectivity index (χ1) is 12.1. The monoisotopic (exact) mass is 333 g/mol. The number of amides is 1. The van der Waals surface area contributed by atoms with Crippen molar-refractivity contribution >= 4 is 16.8 Å². The number of aryl methyl sites for hydroxylation is 2. The molecule has 128 valence electrons. The summed E-state index contributed by atoms with van der Waals surface area (Å²) < 4.78 is 0. The number of aromatic amines is 1. The van der Waals surface area contributed by atoms with Crippen LogP contribution in [0.3, 0.4) is 0 Å². The Balaban J connectivity index is 1.51. The zero-order valence-electron chi connectivity index (χ0n) is 14.7. The van der Waals surface area contributed by atoms with Crippen molar-refractivity contribution in [3.8, 4) is 0 Å². The molecule has 1 aliphatic rings. The van der Waals surface area contributed by atoms with E-state index >= 15 is 0 Å². The Labute approximate surface area is 147 Å². The van der Waals surface area contributed by atoms with Gasteiger partial charge in [-0.3, -0.25) is 9.78 Å². The lowest BCUT2D eigenvalue weighted by Gasteiger charge is -2.32. The van der Waals surface area contributed by atoms with Gasteiger partial charge < -0.3 is 9.88 Å². The fraction of sp³-hybridized carbons (Fsp3) is 0.333. The first-order valence-electron chi connectivity index (χ1n) is 8.91. The third-order valence-electron chi connectivity index (χ3n) is 5.35. The summed E-state index contributed by atoms with van der Waals surface area (Å²) in [6, 6.07) is 10.2. The highest BCUT2D eigenvalue weighted by Crippen LogP contribution is 2.34. The molecule has 0 spiro atoms. The van der Waals surface area contributed by atoms with Crippen molar-refractivity contribution in [2.75, 3.05) is 13.1 Å². The van der Waals surface area contributed by atoms with Crippen molar-refractivity contribution in [1.82, 2.24) is 14.9 Å². The van der Waals surface area contributed by atoms with Gasteiger partial charge in [-0.05, 0) is 56.5 Å². The zero-order valence-corrected chi connectivity index (χ0v) is 14.7. The number of pyridine rings is 1. The molecule has 2 aromatic heterocycles. The van der Waals surface area contributed by atoms with Crippen molar-refractivity contribution in [3.05, 3.63) is 65.1 Å². The van der Waals surface area contributed by atoms with Gasteiger partial charge in [0.1, 0.15) is 0 Å². The van der Waals surface area contributed by atoms with Gasteiger partial charge in [-0.2, -0.15) is 0 Å². The second-order valence-electron chi connectivity index (χ2n) is 7.02. The van der Waals surface area contributed by atoms with E-state index in [2.05, 4.69) is 42.0 Å². The predicted molar refractivity (Wildman–Crippen MR) is 99.9 cm³/mol. The Bertz CT molecular complexity index is 906. The number of likely N-dealkylation sites (tertiary alicyclic amines) is 1. The van der Waals surface area contributed by atoms with Gasteiger partial charge >= 0.3 is 0 Å². The third-order valence-corrected chi connectivity index (χ3v) is 5.35. The second kappa shape index (κ2) is 6.36. The maximum atomic E-state index is 12.6. The molecule has 4 nitrogen and oxygen atoms in total. The fourth-order valence-corrected chi connectivity index (χ4v) is 3.91. The summed E-state index contributed by atoms with van der Waals surface area (Å²) in [5.41, 5.74) is 5.88. The molecule has 1 fully saturated rings. The number of benzene rings is 1. The third kappa shape index (κ3) is 2.93. The Morgan fingerprint density at radius 2 is 2.00 bits per heavy atom. The maximum absolute atomic E-state index is 12.6. The van der Waals surface area contributed by atoms with E-state index in [-0.39, 0.29) is 5.91 Å². The molecule has 4 rings (SSSR count). The minimum absolute atomic E-state index is 0.0931. The number of nitrogens with one attached hydrogen (secondary N) is 1. The molecule has 0 unspecified atom stereocenters. The van der Waals surface area contributed by atoms with Gasteiger partial charge in [0.05, 0.1) is 5.56 Å². The number of H-pyrrole nitrogens is 1. The Hall–Kier alpha value is -2.62. The summed E-state index contributed by atoms with van der Waals surface area (Å²) in [5.74, 6) is 0.584. The minimum Gasteiger partial charge on any atom is -0.358 e. The van der Waals surface area contributed by atoms with Gasteiger partial charge in [0.2, 0.25) is 0 Å². The van der Waals surface area contributed by atoms with Crippen LogP contribution in [-0.2, 0) is 0 Å². The van der Waals surface area contributed by atoms with E-state index in [9.17, 15) is 4.79 Å². The van der Waals surface area contributed by atoms with Gasteiger partial charge in [-0.1, -0.05) is 11.6 Å². The average Bonchev–Trinajstić information content (AvgIpc) is 2.98. The van der Waals surface area contributed by atoms with Crippen LogP contribution in [0.25, 0.3) is 10.9 Å². The van der Waals surface area contributed by atoms with Gasteiger partial charge in [0.15, 0.2) is 0 Å². The lowest BCUT2D eigenvalue weighted by Crippen LogP contribution is -2.38. The van der Waals surface area contributed by atoms with Crippen molar-refractivity contribution < 1.29 is 4.79 Å². The Kier molecular flexibility index (Phi) is 4.04. The van der Waals surface area contributed by atoms with Gasteiger partial charge in [-0.15, -0.1) is 0 Å². The summed E-state index contributed by atoms with van der Waals surface area (Å²) in [6.45, 7) is 5.94. The highest BCUT2D eigenvalue weighted by molar-refractivity contribution is 5.94. The molecule has 1 amide bonds. The number of hydrogen-bond acceptors (Lipinski definition) is 2. The highest BCUT2D eigenvalue weighted by atomic mass is 16.2. The van der Waals surface area contributed by atoms with Crippen LogP contribution >= 0.6 is 0 Å². The number of hydrogen-bond donors (Lipinski definition) is 1. The topological polar surface area (TPSA) is 49.0 Å². The van der Waals surface area contributed by atoms with Crippen LogP contribution in [0.5, 0.6) is 0 Å². The lowest BCUT2D eigenvalue weighted by molar-refractivity contribution is 0.0711. The molecular weight excluding hydrogens is 310 g/mol. The molecule has 3 heterocycles. The molecule has 1 saturated heterocycles. The van der Waals surface area contributed by atoms with Gasteiger partial charge in [0, 0.05) is 48.0 Å². The number of carbonyl (C=O) groups excluding carboxylic acids is 1. The molecule has 4 heteroatoms. The quantitative estimate of drug-likeness (QED) is 0.764. The largest absolute Gasteiger partial charge is 0.358 e. The summed E-state index contributed by atoms with van der Waals surface area (Å²) in [6.07, 6.45) is 5.35. The maximum Gasteiger partial charge on any atom is 0.255 e. The molecule has 1 N–H and O–H groups in total. The van der Waals surface area contributed by atoms with Crippen LogP contribution in [-0.4, -0.2) is 33.9 Å². The van der Waals surface area contributed by atoms with E-state index in [1.807, 2.05) is 17.0 Å². The molecule has 25 heavy (non-hydrogen) atoms. The van der Waals surface area contributed by atoms with E-state index < -0.39 is 0 Å². The summed E-state index contributed by atoms with van der Waals surface area (Å²) >= 11 is 0. The molecule has 0 radical (unpaired) electrons. The van der Waals surface area contributed by atoms with Gasteiger partial charge in [-0.25, -0.2) is 0 Å². The number of fused-ring (bicyclic) bond motifs is 1. The predicted octanol–water partition coefficient (Wildman–Crippen LogP) is 4.20. The second-order valence-corrected chi connectivity index (χ2v) is 7.02. The van der Waals surface area contributed by atoms with Crippen LogP contribution in [0, 0.1) is 13.8 Å². The Morgan fingerprint density at radius 3 is 2.72 bits per heavy atom. The number of piperidine rings is 1. The molecular formula is C21H23N3O. The van der Waals surface area contributed by atoms with Crippen molar-refractivity contribution in [1.29, 1.82) is 0 Å². The summed E-state index contributed by atoms with van der Waals surface area (Å²) in [7, 11) is 0. The standard InChI is InChI=1S/C21H23N3O/c1-14-5-6-19-18(12-14)15(2)20(23-19)16-7-10-24(11-8-16)21(25)17-4-3-9-22-13-17/h3-6,9,12-13,16,23H,7-8,10-11H2,1-2H3. The number of aromatic nitrogens is 2. The highest BCUT2D eigenvalue weighted by Gasteiger charge is 2.26. The molecule has 3 aromatic rings. The summed E-state index contributed by atoms with van der Waals surface area (Å²) in [5, 5.41) is 1.32. The number of rotatable bonds is 2. The lowest BCUT2D eigenvalue weighted by atomic mass is 9.91. The first kappa shape index (κ1) is 15.9. The van der Waals surface area contributed by atoms with Gasteiger partial charge in [0.25, 0.3) is 5.91 Å². The van der Waals surface area contributed by atoms with Crippen LogP contribution in [0.15, 0.2) is 42.7 Å². The zero-order chi connectivity index (χ0) is 17.4. The summed E-state index contributed by atoms with van der Waals surface area (Å²) in [4.78, 5) is 22.2. The molecule has 1 aliphatic heterocycles. The number of carbonyl (C=O) groups is 1. The van der Waals surface area contributed by atoms with E-state index in [4.69, 9.17) is 0 Å². The Morgan fingerprint density at radius 1 is 1.20 bits per heavy atom. The van der Waals surface area contributed by atoms with Crippen molar-refractivity contribution in [2.45, 2.75) is 32.6 Å². The average molecular weight is 333 g/mol. The van der Waals surface area contributed by atoms with Crippen LogP contribution in [0.1, 0.15) is 45.9 Å². The molecule has 0 bridgehead atoms. The van der Waals surface area contributed by atoms with E-state index in [1.165, 1.54) is 27.7 Å². The van der Waals surface area contributed by atoms with Crippen LogP contribution in [0.2, 0.25) is 0 Å². The SMILES string of the molecule is Cc1ccc2[nH]c(C3CCN(C(=O)c4cccnc4)CC3)c(C)c2c1. The van der Waals surface area contributed by atoms with E-state index in [1.54, 1.807) is 12.4 Å². The van der Waals surface area contributed by atoms with E-state index in [0.717, 1.165) is 25.9 Å². The molecule has 0 atom stereocenters. The molecule has 0 aliphatic carbocycles. The number of nitrogens with zero attached hydrogens (tertiary/aromatic N) is 2. The van der Waals surface area contributed by atoms with Crippen molar-refractivity contribution in [3.63, 3.8) is 0 Å². The molecule has 1 aromatic carbocycles. The van der Waals surface area contributed by atoms with Crippen LogP contribution < -0.4 is 0 Å². The van der Waals surface area contributed by atoms with E-state index in [0.29, 0.717) is 11.5 Å². The minimum atomic E-state index is 0.0931. The molecule has 0 saturated carbocycles. The first-order valence-corrected chi connectivity index (χ1v) is 8.91.